The number of hydrogen-bond acceptors (Lipinski definition) is 10. The van der Waals surface area contributed by atoms with Gasteiger partial charge in [0, 0.05) is 37.1 Å². The minimum Gasteiger partial charge on any atom is -0.461 e. The van der Waals surface area contributed by atoms with E-state index in [0.717, 1.165) is 23.1 Å². The van der Waals surface area contributed by atoms with Crippen LogP contribution in [0.5, 0.6) is 0 Å². The number of fused-ring (bicyclic) bond motifs is 3. The van der Waals surface area contributed by atoms with E-state index in [9.17, 15) is 50.8 Å². The molecule has 0 bridgehead atoms. The SMILES string of the molecule is CCS(=O)(=O)NC1C[C@H]2C(=O)N3CCCC[C@H]3C(=O)N[C@@H](C)C(=O)N3C[C@H](C)C[C@H]3C(=O)OC[C@H](NC(=O)[C@H](Cc3cccc(F)c3)NC(=O)Nc3ccc(Cl)cc3F)C(=O)N2C1. The fourth-order valence-corrected chi connectivity index (χ4v) is 9.46. The topological polar surface area (TPSA) is 233 Å². The van der Waals surface area contributed by atoms with Crippen LogP contribution >= 0.6 is 11.6 Å². The van der Waals surface area contributed by atoms with Crippen molar-refractivity contribution in [3.63, 3.8) is 0 Å². The molecule has 342 valence electrons. The molecule has 0 saturated carbocycles. The van der Waals surface area contributed by atoms with Crippen molar-refractivity contribution in [3.8, 4) is 0 Å². The summed E-state index contributed by atoms with van der Waals surface area (Å²) >= 11 is 5.85. The van der Waals surface area contributed by atoms with Gasteiger partial charge >= 0.3 is 12.0 Å². The van der Waals surface area contributed by atoms with E-state index in [1.54, 1.807) is 0 Å². The molecule has 4 aliphatic rings. The van der Waals surface area contributed by atoms with Gasteiger partial charge in [-0.25, -0.2) is 31.5 Å². The highest BCUT2D eigenvalue weighted by atomic mass is 35.5. The van der Waals surface area contributed by atoms with Crippen molar-refractivity contribution in [1.82, 2.24) is 35.4 Å². The van der Waals surface area contributed by atoms with Crippen LogP contribution in [0.1, 0.15) is 58.4 Å². The van der Waals surface area contributed by atoms with Gasteiger partial charge in [-0.15, -0.1) is 0 Å². The number of anilines is 1. The maximum Gasteiger partial charge on any atom is 0.328 e. The average Bonchev–Trinajstić information content (AvgIpc) is 3.84. The van der Waals surface area contributed by atoms with Gasteiger partial charge in [0.05, 0.1) is 11.4 Å². The van der Waals surface area contributed by atoms with Gasteiger partial charge in [-0.1, -0.05) is 30.7 Å². The largest absolute Gasteiger partial charge is 0.461 e. The van der Waals surface area contributed by atoms with Gasteiger partial charge in [0.15, 0.2) is 0 Å². The molecule has 22 heteroatoms. The lowest BCUT2D eigenvalue weighted by atomic mass is 9.99. The van der Waals surface area contributed by atoms with Crippen LogP contribution in [0.3, 0.4) is 0 Å². The van der Waals surface area contributed by atoms with E-state index in [4.69, 9.17) is 16.3 Å². The Bertz CT molecular complexity index is 2240. The van der Waals surface area contributed by atoms with Crippen molar-refractivity contribution in [3.05, 3.63) is 64.7 Å². The molecule has 0 spiro atoms. The number of sulfonamides is 1. The quantitative estimate of drug-likeness (QED) is 0.227. The first-order valence-corrected chi connectivity index (χ1v) is 22.8. The zero-order chi connectivity index (χ0) is 45.7. The summed E-state index contributed by atoms with van der Waals surface area (Å²) in [5, 5.41) is 9.98. The first kappa shape index (κ1) is 47.1. The minimum atomic E-state index is -3.88. The molecule has 4 saturated heterocycles. The Labute approximate surface area is 368 Å². The number of amides is 7. The Hall–Kier alpha value is -5.41. The predicted octanol–water partition coefficient (Wildman–Crippen LogP) is 1.42. The average molecular weight is 921 g/mol. The fraction of sp³-hybridized carbons (Fsp3) is 0.537. The molecule has 6 rings (SSSR count). The summed E-state index contributed by atoms with van der Waals surface area (Å²) < 4.78 is 62.8. The normalized spacial score (nSPS) is 26.5. The molecule has 7 amide bonds. The van der Waals surface area contributed by atoms with Crippen molar-refractivity contribution < 1.29 is 55.5 Å². The number of urea groups is 1. The smallest absolute Gasteiger partial charge is 0.328 e. The van der Waals surface area contributed by atoms with Gasteiger partial charge in [-0.3, -0.25) is 24.0 Å². The third-order valence-electron chi connectivity index (χ3n) is 11.6. The number of cyclic esters (lactones) is 1. The van der Waals surface area contributed by atoms with Gasteiger partial charge in [0.1, 0.15) is 54.5 Å². The third kappa shape index (κ3) is 11.4. The number of esters is 1. The van der Waals surface area contributed by atoms with E-state index in [1.165, 1.54) is 47.9 Å². The minimum absolute atomic E-state index is 0.0510. The number of ether oxygens (including phenoxy) is 1. The Morgan fingerprint density at radius 1 is 0.921 bits per heavy atom. The van der Waals surface area contributed by atoms with Crippen molar-refractivity contribution in [2.24, 2.45) is 5.92 Å². The second-order valence-corrected chi connectivity index (χ2v) is 18.9. The highest BCUT2D eigenvalue weighted by Crippen LogP contribution is 2.29. The number of benzene rings is 2. The van der Waals surface area contributed by atoms with Crippen molar-refractivity contribution in [2.45, 2.75) is 102 Å². The molecule has 4 aliphatic heterocycles. The van der Waals surface area contributed by atoms with Crippen LogP contribution in [0.4, 0.5) is 19.3 Å². The Kier molecular flexibility index (Phi) is 14.9. The highest BCUT2D eigenvalue weighted by molar-refractivity contribution is 7.89. The number of nitrogens with one attached hydrogen (secondary N) is 5. The van der Waals surface area contributed by atoms with E-state index in [2.05, 4.69) is 26.0 Å². The Morgan fingerprint density at radius 3 is 2.38 bits per heavy atom. The van der Waals surface area contributed by atoms with E-state index < -0.39 is 112 Å². The van der Waals surface area contributed by atoms with Crippen LogP contribution in [0.15, 0.2) is 42.5 Å². The maximum absolute atomic E-state index is 14.9. The Morgan fingerprint density at radius 2 is 1.67 bits per heavy atom. The highest BCUT2D eigenvalue weighted by Gasteiger charge is 2.48. The van der Waals surface area contributed by atoms with Gasteiger partial charge in [0.2, 0.25) is 39.6 Å². The zero-order valence-electron chi connectivity index (χ0n) is 34.9. The maximum atomic E-state index is 14.9. The molecule has 8 atom stereocenters. The molecular weight excluding hydrogens is 870 g/mol. The van der Waals surface area contributed by atoms with Gasteiger partial charge < -0.3 is 40.7 Å². The summed E-state index contributed by atoms with van der Waals surface area (Å²) in [6.45, 7) is 3.75. The molecule has 2 aromatic carbocycles. The standard InChI is InChI=1S/C41H51ClF2N8O10S/c1-4-63(60,61)49-27-18-33-39(57)50-13-6-5-10-32(50)36(54)45-23(3)37(55)51-19-22(2)14-34(51)40(58)62-21-31(38(56)52(33)20-27)46-35(53)30(16-24-8-7-9-26(43)15-24)48-41(59)47-29-12-11-25(42)17-28(29)44/h7-9,11-12,15,17,22-23,27,30-34,49H,4-6,10,13-14,16,18-21H2,1-3H3,(H,45,54)(H,46,53)(H2,47,48,59)/t22-,23+,27?,30+,31+,32+,33+,34+/m1/s1. The van der Waals surface area contributed by atoms with E-state index >= 15 is 0 Å². The van der Waals surface area contributed by atoms with Crippen LogP contribution in [-0.2, 0) is 49.9 Å². The summed E-state index contributed by atoms with van der Waals surface area (Å²) in [5.41, 5.74) is -0.0643. The predicted molar refractivity (Wildman–Crippen MR) is 223 cm³/mol. The second-order valence-electron chi connectivity index (χ2n) is 16.4. The molecule has 4 heterocycles. The summed E-state index contributed by atoms with van der Waals surface area (Å²) in [5.74, 6) is -6.86. The number of hydrogen-bond donors (Lipinski definition) is 5. The van der Waals surface area contributed by atoms with Gasteiger partial charge in [0.25, 0.3) is 0 Å². The van der Waals surface area contributed by atoms with Crippen LogP contribution in [0.2, 0.25) is 5.02 Å². The molecule has 0 aliphatic carbocycles. The molecule has 63 heavy (non-hydrogen) atoms. The van der Waals surface area contributed by atoms with Gasteiger partial charge in [-0.2, -0.15) is 0 Å². The van der Waals surface area contributed by atoms with E-state index in [1.807, 2.05) is 6.92 Å². The van der Waals surface area contributed by atoms with Crippen LogP contribution in [-0.4, -0.2) is 139 Å². The molecule has 0 aromatic heterocycles. The van der Waals surface area contributed by atoms with Crippen LogP contribution < -0.4 is 26.0 Å². The Balaban J connectivity index is 1.37. The fourth-order valence-electron chi connectivity index (χ4n) is 8.45. The molecule has 0 radical (unpaired) electrons. The molecular formula is C41H51ClF2N8O10S. The number of carbonyl (C=O) groups excluding carboxylic acids is 7. The van der Waals surface area contributed by atoms with Crippen LogP contribution in [0.25, 0.3) is 0 Å². The summed E-state index contributed by atoms with van der Waals surface area (Å²) in [6.07, 6.45) is 0.912. The summed E-state index contributed by atoms with van der Waals surface area (Å²) in [4.78, 5) is 102. The molecule has 5 N–H and O–H groups in total. The lowest BCUT2D eigenvalue weighted by Crippen LogP contribution is -2.62. The lowest BCUT2D eigenvalue weighted by molar-refractivity contribution is -0.158. The number of carbonyl (C=O) groups is 7. The molecule has 18 nitrogen and oxygen atoms in total. The number of nitrogens with zero attached hydrogens (tertiary/aromatic N) is 3. The molecule has 1 unspecified atom stereocenters. The lowest BCUT2D eigenvalue weighted by Gasteiger charge is -2.39. The monoisotopic (exact) mass is 920 g/mol. The number of halogens is 3. The second kappa shape index (κ2) is 20.0. The van der Waals surface area contributed by atoms with Crippen molar-refractivity contribution >= 4 is 68.8 Å². The number of piperidine rings is 1. The third-order valence-corrected chi connectivity index (χ3v) is 13.3. The zero-order valence-corrected chi connectivity index (χ0v) is 36.5. The van der Waals surface area contributed by atoms with Crippen LogP contribution in [0, 0.1) is 17.6 Å². The van der Waals surface area contributed by atoms with Gasteiger partial charge in [-0.05, 0) is 87.8 Å². The van der Waals surface area contributed by atoms with Crippen molar-refractivity contribution in [1.29, 1.82) is 0 Å². The summed E-state index contributed by atoms with van der Waals surface area (Å²) in [7, 11) is -3.88. The molecule has 2 aromatic rings. The molecule has 4 fully saturated rings. The summed E-state index contributed by atoms with van der Waals surface area (Å²) in [6, 6.07) is -1.53. The number of rotatable bonds is 9. The first-order valence-electron chi connectivity index (χ1n) is 20.8. The van der Waals surface area contributed by atoms with E-state index in [-0.39, 0.29) is 73.3 Å². The first-order chi connectivity index (χ1) is 29.8. The van der Waals surface area contributed by atoms with E-state index in [0.29, 0.717) is 12.8 Å². The van der Waals surface area contributed by atoms with Crippen molar-refractivity contribution in [2.75, 3.05) is 37.3 Å².